The number of hydrogen-bond donors (Lipinski definition) is 2. The number of fused-ring (bicyclic) bond motifs is 1. The number of aromatic amines is 1. The van der Waals surface area contributed by atoms with Crippen molar-refractivity contribution in [3.05, 3.63) is 48.4 Å². The second kappa shape index (κ2) is 8.09. The summed E-state index contributed by atoms with van der Waals surface area (Å²) in [5.74, 6) is 1.40. The first-order valence-corrected chi connectivity index (χ1v) is 9.52. The lowest BCUT2D eigenvalue weighted by atomic mass is 9.92. The summed E-state index contributed by atoms with van der Waals surface area (Å²) >= 11 is 0. The largest absolute Gasteiger partial charge is 0.377 e. The number of carbonyl (C=O) groups is 1. The topological polar surface area (TPSA) is 97.7 Å². The zero-order valence-electron chi connectivity index (χ0n) is 15.6. The number of nitrogens with one attached hydrogen (secondary N) is 2. The average molecular weight is 374 g/mol. The van der Waals surface area contributed by atoms with Gasteiger partial charge in [-0.15, -0.1) is 0 Å². The first kappa shape index (κ1) is 18.0. The van der Waals surface area contributed by atoms with Crippen LogP contribution in [0.4, 0.5) is 11.5 Å². The molecule has 28 heavy (non-hydrogen) atoms. The highest BCUT2D eigenvalue weighted by molar-refractivity contribution is 5.87. The molecule has 1 aliphatic rings. The molecule has 0 saturated carbocycles. The summed E-state index contributed by atoms with van der Waals surface area (Å²) in [6.45, 7) is 2.00. The van der Waals surface area contributed by atoms with Gasteiger partial charge in [-0.3, -0.25) is 4.79 Å². The summed E-state index contributed by atoms with van der Waals surface area (Å²) in [6, 6.07) is 11.4. The maximum Gasteiger partial charge on any atom is 0.152 e. The van der Waals surface area contributed by atoms with Crippen LogP contribution in [-0.4, -0.2) is 40.4 Å². The average Bonchev–Trinajstić information content (AvgIpc) is 3.21. The quantitative estimate of drug-likeness (QED) is 0.688. The number of benzene rings is 1. The van der Waals surface area contributed by atoms with Crippen molar-refractivity contribution >= 4 is 28.3 Å². The molecule has 1 aromatic carbocycles. The number of anilines is 2. The first-order chi connectivity index (χ1) is 13.7. The number of nitrogens with zero attached hydrogens (tertiary/aromatic N) is 4. The summed E-state index contributed by atoms with van der Waals surface area (Å²) in [4.78, 5) is 26.6. The summed E-state index contributed by atoms with van der Waals surface area (Å²) in [5, 5.41) is 13.3. The molecule has 1 saturated heterocycles. The van der Waals surface area contributed by atoms with Crippen LogP contribution in [0.2, 0.25) is 0 Å². The van der Waals surface area contributed by atoms with Gasteiger partial charge >= 0.3 is 0 Å². The zero-order chi connectivity index (χ0) is 19.3. The fourth-order valence-corrected chi connectivity index (χ4v) is 3.86. The van der Waals surface area contributed by atoms with Crippen molar-refractivity contribution in [2.75, 3.05) is 29.9 Å². The number of nitriles is 1. The third-order valence-electron chi connectivity index (χ3n) is 5.19. The van der Waals surface area contributed by atoms with Gasteiger partial charge in [0.25, 0.3) is 0 Å². The van der Waals surface area contributed by atoms with Crippen LogP contribution >= 0.6 is 0 Å². The number of rotatable bonds is 6. The second-order valence-electron chi connectivity index (χ2n) is 7.15. The number of H-pyrrole nitrogens is 1. The molecular weight excluding hydrogens is 352 g/mol. The molecular formula is C21H22N6O. The van der Waals surface area contributed by atoms with Crippen molar-refractivity contribution in [3.8, 4) is 6.07 Å². The molecule has 0 amide bonds. The first-order valence-electron chi connectivity index (χ1n) is 9.52. The molecule has 2 aromatic heterocycles. The minimum absolute atomic E-state index is 0.161. The molecule has 1 aliphatic heterocycles. The fraction of sp³-hybridized carbons (Fsp3) is 0.333. The van der Waals surface area contributed by atoms with Gasteiger partial charge in [0.2, 0.25) is 0 Å². The molecule has 0 radical (unpaired) electrons. The number of carbonyl (C=O) groups excluding carboxylic acids is 1. The lowest BCUT2D eigenvalue weighted by Crippen LogP contribution is -2.37. The molecule has 1 fully saturated rings. The third kappa shape index (κ3) is 3.81. The highest BCUT2D eigenvalue weighted by Gasteiger charge is 2.24. The molecule has 0 bridgehead atoms. The van der Waals surface area contributed by atoms with Crippen molar-refractivity contribution in [3.63, 3.8) is 0 Å². The van der Waals surface area contributed by atoms with Crippen LogP contribution in [0.5, 0.6) is 0 Å². The van der Waals surface area contributed by atoms with Gasteiger partial charge < -0.3 is 15.2 Å². The molecule has 1 atom stereocenters. The maximum absolute atomic E-state index is 12.5. The van der Waals surface area contributed by atoms with Crippen molar-refractivity contribution in [2.45, 2.75) is 19.3 Å². The number of piperidine rings is 1. The van der Waals surface area contributed by atoms with Gasteiger partial charge in [-0.1, -0.05) is 12.1 Å². The Kier molecular flexibility index (Phi) is 5.20. The standard InChI is InChI=1S/C21H22N6O/c22-11-16-5-1-2-6-19(16)24-12-17(28)10-15-4-3-9-27(13-15)21-18-7-8-23-20(18)25-14-26-21/h1-2,5-8,14-15,24H,3-4,9-10,12-13H2,(H,23,25,26). The summed E-state index contributed by atoms with van der Waals surface area (Å²) in [5.41, 5.74) is 2.10. The highest BCUT2D eigenvalue weighted by atomic mass is 16.1. The van der Waals surface area contributed by atoms with E-state index in [2.05, 4.69) is 31.2 Å². The molecule has 142 valence electrons. The minimum atomic E-state index is 0.161. The molecule has 1 unspecified atom stereocenters. The van der Waals surface area contributed by atoms with Crippen molar-refractivity contribution in [1.29, 1.82) is 5.26 Å². The van der Waals surface area contributed by atoms with E-state index in [4.69, 9.17) is 5.26 Å². The molecule has 7 nitrogen and oxygen atoms in total. The Morgan fingerprint density at radius 3 is 3.11 bits per heavy atom. The molecule has 3 heterocycles. The lowest BCUT2D eigenvalue weighted by molar-refractivity contribution is -0.118. The van der Waals surface area contributed by atoms with Crippen molar-refractivity contribution in [2.24, 2.45) is 5.92 Å². The number of ketones is 1. The Morgan fingerprint density at radius 1 is 1.32 bits per heavy atom. The van der Waals surface area contributed by atoms with Gasteiger partial charge in [0.15, 0.2) is 5.78 Å². The smallest absolute Gasteiger partial charge is 0.152 e. The van der Waals surface area contributed by atoms with Crippen LogP contribution < -0.4 is 10.2 Å². The van der Waals surface area contributed by atoms with Gasteiger partial charge in [-0.25, -0.2) is 9.97 Å². The van der Waals surface area contributed by atoms with Crippen molar-refractivity contribution < 1.29 is 4.79 Å². The van der Waals surface area contributed by atoms with Gasteiger partial charge in [-0.2, -0.15) is 5.26 Å². The maximum atomic E-state index is 12.5. The van der Waals surface area contributed by atoms with Crippen LogP contribution in [0.15, 0.2) is 42.9 Å². The normalized spacial score (nSPS) is 16.7. The Morgan fingerprint density at radius 2 is 2.21 bits per heavy atom. The Balaban J connectivity index is 1.37. The molecule has 7 heteroatoms. The Labute approximate surface area is 163 Å². The summed E-state index contributed by atoms with van der Waals surface area (Å²) < 4.78 is 0. The van der Waals surface area contributed by atoms with E-state index in [-0.39, 0.29) is 12.3 Å². The predicted octanol–water partition coefficient (Wildman–Crippen LogP) is 3.12. The van der Waals surface area contributed by atoms with Gasteiger partial charge in [0.1, 0.15) is 23.9 Å². The summed E-state index contributed by atoms with van der Waals surface area (Å²) in [6.07, 6.45) is 6.06. The molecule has 0 spiro atoms. The molecule has 0 aliphatic carbocycles. The van der Waals surface area contributed by atoms with E-state index in [1.807, 2.05) is 30.5 Å². The van der Waals surface area contributed by atoms with Crippen LogP contribution in [0.1, 0.15) is 24.8 Å². The third-order valence-corrected chi connectivity index (χ3v) is 5.19. The number of para-hydroxylation sites is 1. The highest BCUT2D eigenvalue weighted by Crippen LogP contribution is 2.28. The number of Topliss-reactive ketones (excluding diaryl/α,β-unsaturated/α-hetero) is 1. The second-order valence-corrected chi connectivity index (χ2v) is 7.15. The number of hydrogen-bond acceptors (Lipinski definition) is 6. The molecule has 2 N–H and O–H groups in total. The van der Waals surface area contributed by atoms with E-state index in [0.29, 0.717) is 23.6 Å². The Hall–Kier alpha value is -3.40. The van der Waals surface area contributed by atoms with E-state index in [9.17, 15) is 4.79 Å². The predicted molar refractivity (Wildman–Crippen MR) is 108 cm³/mol. The van der Waals surface area contributed by atoms with E-state index in [0.717, 1.165) is 42.8 Å². The lowest BCUT2D eigenvalue weighted by Gasteiger charge is -2.33. The Bertz CT molecular complexity index is 1020. The number of aromatic nitrogens is 3. The SMILES string of the molecule is N#Cc1ccccc1NCC(=O)CC1CCCN(c2ncnc3[nH]ccc23)C1. The van der Waals surface area contributed by atoms with Gasteiger partial charge in [0, 0.05) is 25.7 Å². The van der Waals surface area contributed by atoms with E-state index < -0.39 is 0 Å². The fourth-order valence-electron chi connectivity index (χ4n) is 3.86. The minimum Gasteiger partial charge on any atom is -0.377 e. The van der Waals surface area contributed by atoms with Gasteiger partial charge in [0.05, 0.1) is 23.2 Å². The van der Waals surface area contributed by atoms with Crippen LogP contribution in [0.25, 0.3) is 11.0 Å². The monoisotopic (exact) mass is 374 g/mol. The van der Waals surface area contributed by atoms with E-state index in [1.54, 1.807) is 12.4 Å². The van der Waals surface area contributed by atoms with Crippen LogP contribution in [-0.2, 0) is 4.79 Å². The molecule has 3 aromatic rings. The van der Waals surface area contributed by atoms with Crippen molar-refractivity contribution in [1.82, 2.24) is 15.0 Å². The van der Waals surface area contributed by atoms with Crippen LogP contribution in [0, 0.1) is 17.2 Å². The van der Waals surface area contributed by atoms with E-state index in [1.165, 1.54) is 0 Å². The van der Waals surface area contributed by atoms with Gasteiger partial charge in [-0.05, 0) is 37.0 Å². The van der Waals surface area contributed by atoms with E-state index >= 15 is 0 Å². The molecule has 4 rings (SSSR count). The van der Waals surface area contributed by atoms with Crippen LogP contribution in [0.3, 0.4) is 0 Å². The summed E-state index contributed by atoms with van der Waals surface area (Å²) in [7, 11) is 0. The zero-order valence-corrected chi connectivity index (χ0v) is 15.6.